The summed E-state index contributed by atoms with van der Waals surface area (Å²) in [6.07, 6.45) is 0. The number of aliphatic hydroxyl groups excluding tert-OH is 1. The van der Waals surface area contributed by atoms with Gasteiger partial charge in [-0.2, -0.15) is 12.8 Å². The zero-order chi connectivity index (χ0) is 26.4. The van der Waals surface area contributed by atoms with Crippen molar-refractivity contribution in [3.8, 4) is 0 Å². The van der Waals surface area contributed by atoms with Gasteiger partial charge in [0.25, 0.3) is 15.9 Å². The Labute approximate surface area is 208 Å². The largest absolute Gasteiger partial charge is 0.509 e. The van der Waals surface area contributed by atoms with Crippen LogP contribution in [0.2, 0.25) is 0 Å². The van der Waals surface area contributed by atoms with E-state index in [0.717, 1.165) is 0 Å². The zero-order valence-electron chi connectivity index (χ0n) is 20.3. The van der Waals surface area contributed by atoms with E-state index in [-0.39, 0.29) is 40.6 Å². The lowest BCUT2D eigenvalue weighted by atomic mass is 9.84. The van der Waals surface area contributed by atoms with Crippen LogP contribution in [0.1, 0.15) is 37.5 Å². The van der Waals surface area contributed by atoms with Crippen molar-refractivity contribution in [2.75, 3.05) is 7.05 Å². The first-order chi connectivity index (χ1) is 16.8. The van der Waals surface area contributed by atoms with Crippen LogP contribution in [-0.2, 0) is 27.9 Å². The molecule has 0 saturated carbocycles. The van der Waals surface area contributed by atoms with Crippen molar-refractivity contribution in [3.63, 3.8) is 0 Å². The predicted molar refractivity (Wildman–Crippen MR) is 131 cm³/mol. The molecule has 0 spiro atoms. The summed E-state index contributed by atoms with van der Waals surface area (Å²) in [5, 5.41) is 16.2. The molecule has 0 saturated heterocycles. The summed E-state index contributed by atoms with van der Waals surface area (Å²) in [4.78, 5) is 26.6. The second kappa shape index (κ2) is 9.05. The predicted octanol–water partition coefficient (Wildman–Crippen LogP) is 3.02. The highest BCUT2D eigenvalue weighted by molar-refractivity contribution is 7.90. The van der Waals surface area contributed by atoms with Gasteiger partial charge in [-0.05, 0) is 28.7 Å². The summed E-state index contributed by atoms with van der Waals surface area (Å²) in [5.41, 5.74) is 0.202. The fourth-order valence-electron chi connectivity index (χ4n) is 4.58. The summed E-state index contributed by atoms with van der Waals surface area (Å²) in [6, 6.07) is 9.09. The van der Waals surface area contributed by atoms with Crippen molar-refractivity contribution in [2.45, 2.75) is 44.8 Å². The zero-order valence-corrected chi connectivity index (χ0v) is 21.1. The van der Waals surface area contributed by atoms with Gasteiger partial charge in [-0.3, -0.25) is 4.79 Å². The molecule has 36 heavy (non-hydrogen) atoms. The van der Waals surface area contributed by atoms with Crippen molar-refractivity contribution in [1.29, 1.82) is 0 Å². The van der Waals surface area contributed by atoms with Crippen LogP contribution in [-0.4, -0.2) is 49.2 Å². The Morgan fingerprint density at radius 1 is 1.17 bits per heavy atom. The van der Waals surface area contributed by atoms with Gasteiger partial charge in [0, 0.05) is 25.7 Å². The number of rotatable bonds is 5. The van der Waals surface area contributed by atoms with Gasteiger partial charge >= 0.3 is 6.03 Å². The lowest BCUT2D eigenvalue weighted by Gasteiger charge is -2.35. The molecular weight excluding hydrogens is 487 g/mol. The third kappa shape index (κ3) is 4.46. The van der Waals surface area contributed by atoms with E-state index in [2.05, 4.69) is 15.0 Å². The van der Waals surface area contributed by atoms with Gasteiger partial charge in [0.1, 0.15) is 27.8 Å². The average Bonchev–Trinajstić information content (AvgIpc) is 3.22. The minimum atomic E-state index is -4.20. The van der Waals surface area contributed by atoms with Crippen LogP contribution in [0.3, 0.4) is 0 Å². The maximum absolute atomic E-state index is 13.7. The van der Waals surface area contributed by atoms with E-state index >= 15 is 0 Å². The van der Waals surface area contributed by atoms with Gasteiger partial charge in [0.15, 0.2) is 0 Å². The Hall–Kier alpha value is -3.73. The van der Waals surface area contributed by atoms with Gasteiger partial charge in [-0.15, -0.1) is 0 Å². The molecule has 2 aliphatic rings. The van der Waals surface area contributed by atoms with Gasteiger partial charge in [0.2, 0.25) is 0 Å². The monoisotopic (exact) mass is 514 g/mol. The summed E-state index contributed by atoms with van der Waals surface area (Å²) in [5.74, 6) is -1.26. The number of amides is 3. The first kappa shape index (κ1) is 25.4. The molecular formula is C25H27FN4O5S. The summed E-state index contributed by atoms with van der Waals surface area (Å²) in [7, 11) is -2.76. The van der Waals surface area contributed by atoms with Crippen LogP contribution >= 0.6 is 0 Å². The molecule has 2 aromatic carbocycles. The normalized spacial score (nSPS) is 18.8. The van der Waals surface area contributed by atoms with E-state index in [0.29, 0.717) is 11.1 Å². The van der Waals surface area contributed by atoms with Crippen LogP contribution in [0, 0.1) is 11.2 Å². The molecule has 2 heterocycles. The molecule has 11 heteroatoms. The standard InChI is InChI=1S/C25H27FN4O5S/c1-25(2,3)22-20(31)18(23(32)30(22)13-14-8-10-16(26)11-9-14)19-17-7-5-6-15(12-28-24(33)27-4)21(17)36(34,35)29-19/h5-11,22,31H,12-13H2,1-4H3,(H2,27,28,33)/t22-/m1/s1. The van der Waals surface area contributed by atoms with Crippen molar-refractivity contribution in [1.82, 2.24) is 15.5 Å². The number of hydrogen-bond donors (Lipinski definition) is 3. The minimum absolute atomic E-state index is 0.0782. The molecule has 0 unspecified atom stereocenters. The number of halogens is 1. The smallest absolute Gasteiger partial charge is 0.314 e. The van der Waals surface area contributed by atoms with E-state index in [1.54, 1.807) is 24.3 Å². The number of nitrogens with zero attached hydrogens (tertiary/aromatic N) is 2. The van der Waals surface area contributed by atoms with Crippen LogP contribution in [0.5, 0.6) is 0 Å². The Balaban J connectivity index is 1.78. The van der Waals surface area contributed by atoms with Gasteiger partial charge in [-0.1, -0.05) is 51.1 Å². The molecule has 2 aromatic rings. The second-order valence-electron chi connectivity index (χ2n) is 9.73. The number of urea groups is 1. The lowest BCUT2D eigenvalue weighted by Crippen LogP contribution is -2.43. The molecule has 1 atom stereocenters. The van der Waals surface area contributed by atoms with Gasteiger partial charge in [0.05, 0.1) is 6.04 Å². The molecule has 0 fully saturated rings. The van der Waals surface area contributed by atoms with E-state index in [4.69, 9.17) is 0 Å². The second-order valence-corrected chi connectivity index (χ2v) is 11.3. The highest BCUT2D eigenvalue weighted by Crippen LogP contribution is 2.41. The van der Waals surface area contributed by atoms with E-state index in [1.165, 1.54) is 30.1 Å². The molecule has 9 nitrogen and oxygen atoms in total. The third-order valence-corrected chi connectivity index (χ3v) is 7.53. The topological polar surface area (TPSA) is 128 Å². The molecule has 0 aliphatic carbocycles. The van der Waals surface area contributed by atoms with Crippen LogP contribution in [0.4, 0.5) is 9.18 Å². The van der Waals surface area contributed by atoms with Gasteiger partial charge < -0.3 is 20.6 Å². The van der Waals surface area contributed by atoms with E-state index in [9.17, 15) is 27.5 Å². The van der Waals surface area contributed by atoms with E-state index in [1.807, 2.05) is 20.8 Å². The van der Waals surface area contributed by atoms with Crippen molar-refractivity contribution in [3.05, 3.63) is 76.3 Å². The quantitative estimate of drug-likeness (QED) is 0.565. The van der Waals surface area contributed by atoms with Crippen molar-refractivity contribution >= 4 is 27.7 Å². The van der Waals surface area contributed by atoms with Crippen molar-refractivity contribution < 1.29 is 27.5 Å². The summed E-state index contributed by atoms with van der Waals surface area (Å²) >= 11 is 0. The maximum atomic E-state index is 13.7. The fraction of sp³-hybridized carbons (Fsp3) is 0.320. The fourth-order valence-corrected chi connectivity index (χ4v) is 6.01. The minimum Gasteiger partial charge on any atom is -0.509 e. The van der Waals surface area contributed by atoms with Crippen molar-refractivity contribution in [2.24, 2.45) is 9.81 Å². The Morgan fingerprint density at radius 2 is 1.83 bits per heavy atom. The summed E-state index contributed by atoms with van der Waals surface area (Å²) in [6.45, 7) is 5.56. The lowest BCUT2D eigenvalue weighted by molar-refractivity contribution is -0.129. The average molecular weight is 515 g/mol. The Kier molecular flexibility index (Phi) is 6.38. The number of hydrogen-bond acceptors (Lipinski definition) is 5. The molecule has 190 valence electrons. The third-order valence-electron chi connectivity index (χ3n) is 6.11. The van der Waals surface area contributed by atoms with Crippen LogP contribution in [0.25, 0.3) is 0 Å². The Morgan fingerprint density at radius 3 is 2.44 bits per heavy atom. The number of fused-ring (bicyclic) bond motifs is 1. The molecule has 3 amide bonds. The molecule has 0 radical (unpaired) electrons. The molecule has 4 rings (SSSR count). The van der Waals surface area contributed by atoms with Gasteiger partial charge in [-0.25, -0.2) is 9.18 Å². The SMILES string of the molecule is CNC(=O)NCc1cccc2c1S(=O)(=O)N=C2C1=C(O)[C@H](C(C)(C)C)N(Cc2ccc(F)cc2)C1=O. The van der Waals surface area contributed by atoms with Crippen LogP contribution in [0.15, 0.2) is 63.1 Å². The molecule has 0 bridgehead atoms. The number of nitrogens with one attached hydrogen (secondary N) is 2. The highest BCUT2D eigenvalue weighted by Gasteiger charge is 2.49. The van der Waals surface area contributed by atoms with Crippen LogP contribution < -0.4 is 10.6 Å². The number of carbonyl (C=O) groups is 2. The first-order valence-electron chi connectivity index (χ1n) is 11.3. The number of sulfonamides is 1. The number of benzene rings is 2. The number of aliphatic hydroxyl groups is 1. The maximum Gasteiger partial charge on any atom is 0.314 e. The highest BCUT2D eigenvalue weighted by atomic mass is 32.2. The first-order valence-corrected chi connectivity index (χ1v) is 12.7. The molecule has 3 N–H and O–H groups in total. The molecule has 0 aromatic heterocycles. The Bertz CT molecular complexity index is 1410. The van der Waals surface area contributed by atoms with E-state index < -0.39 is 39.2 Å². The summed E-state index contributed by atoms with van der Waals surface area (Å²) < 4.78 is 43.4. The number of carbonyl (C=O) groups excluding carboxylic acids is 2. The molecule has 2 aliphatic heterocycles.